The van der Waals surface area contributed by atoms with Crippen LogP contribution in [0.15, 0.2) is 0 Å². The van der Waals surface area contributed by atoms with E-state index in [1.165, 1.54) is 0 Å². The van der Waals surface area contributed by atoms with Gasteiger partial charge >= 0.3 is 11.9 Å². The number of hydrogen-bond acceptors (Lipinski definition) is 4. The SMILES string of the molecule is CCCCOC(=O)CC[C@H](NC)C(=O)O. The fourth-order valence-electron chi connectivity index (χ4n) is 1.06. The molecule has 15 heavy (non-hydrogen) atoms. The summed E-state index contributed by atoms with van der Waals surface area (Å²) < 4.78 is 4.90. The number of esters is 1. The van der Waals surface area contributed by atoms with Crippen molar-refractivity contribution in [3.8, 4) is 0 Å². The second kappa shape index (κ2) is 8.23. The molecule has 0 aliphatic rings. The van der Waals surface area contributed by atoms with Crippen LogP contribution in [0.3, 0.4) is 0 Å². The van der Waals surface area contributed by atoms with Crippen LogP contribution in [0.4, 0.5) is 0 Å². The van der Waals surface area contributed by atoms with Gasteiger partial charge in [0.15, 0.2) is 0 Å². The normalized spacial score (nSPS) is 12.1. The predicted octanol–water partition coefficient (Wildman–Crippen LogP) is 0.782. The highest BCUT2D eigenvalue weighted by molar-refractivity contribution is 5.75. The first-order valence-electron chi connectivity index (χ1n) is 5.17. The molecule has 0 aromatic rings. The summed E-state index contributed by atoms with van der Waals surface area (Å²) in [6.07, 6.45) is 2.22. The molecule has 0 amide bonds. The first-order chi connectivity index (χ1) is 7.11. The highest BCUT2D eigenvalue weighted by Gasteiger charge is 2.16. The number of nitrogens with one attached hydrogen (secondary N) is 1. The molecule has 0 saturated carbocycles. The number of carboxylic acids is 1. The number of likely N-dealkylation sites (N-methyl/N-ethyl adjacent to an activating group) is 1. The zero-order valence-electron chi connectivity index (χ0n) is 9.28. The number of rotatable bonds is 8. The summed E-state index contributed by atoms with van der Waals surface area (Å²) in [4.78, 5) is 21.7. The topological polar surface area (TPSA) is 75.6 Å². The molecule has 0 unspecified atom stereocenters. The third-order valence-corrected chi connectivity index (χ3v) is 2.04. The Hall–Kier alpha value is -1.10. The zero-order valence-corrected chi connectivity index (χ0v) is 9.28. The number of hydrogen-bond donors (Lipinski definition) is 2. The largest absolute Gasteiger partial charge is 0.480 e. The van der Waals surface area contributed by atoms with Crippen LogP contribution in [0, 0.1) is 0 Å². The van der Waals surface area contributed by atoms with E-state index < -0.39 is 12.0 Å². The Balaban J connectivity index is 3.64. The summed E-state index contributed by atoms with van der Waals surface area (Å²) in [6.45, 7) is 2.43. The van der Waals surface area contributed by atoms with Crippen molar-refractivity contribution >= 4 is 11.9 Å². The van der Waals surface area contributed by atoms with Gasteiger partial charge in [0.2, 0.25) is 0 Å². The van der Waals surface area contributed by atoms with Gasteiger partial charge in [0.1, 0.15) is 6.04 Å². The second-order valence-electron chi connectivity index (χ2n) is 3.29. The van der Waals surface area contributed by atoms with Gasteiger partial charge in [0.25, 0.3) is 0 Å². The first-order valence-corrected chi connectivity index (χ1v) is 5.17. The van der Waals surface area contributed by atoms with Crippen LogP contribution >= 0.6 is 0 Å². The highest BCUT2D eigenvalue weighted by Crippen LogP contribution is 2.00. The molecule has 0 aromatic heterocycles. The van der Waals surface area contributed by atoms with E-state index in [9.17, 15) is 9.59 Å². The number of ether oxygens (including phenoxy) is 1. The molecule has 0 aliphatic heterocycles. The summed E-state index contributed by atoms with van der Waals surface area (Å²) in [6, 6.07) is -0.677. The van der Waals surface area contributed by atoms with E-state index in [0.717, 1.165) is 12.8 Å². The Morgan fingerprint density at radius 2 is 2.13 bits per heavy atom. The number of unbranched alkanes of at least 4 members (excludes halogenated alkanes) is 1. The summed E-state index contributed by atoms with van der Waals surface area (Å²) in [7, 11) is 1.56. The highest BCUT2D eigenvalue weighted by atomic mass is 16.5. The molecule has 0 fully saturated rings. The molecule has 0 heterocycles. The standard InChI is InChI=1S/C10H19NO4/c1-3-4-7-15-9(12)6-5-8(11-2)10(13)14/h8,11H,3-7H2,1-2H3,(H,13,14)/t8-/m0/s1. The minimum atomic E-state index is -0.946. The van der Waals surface area contributed by atoms with Gasteiger partial charge in [-0.1, -0.05) is 13.3 Å². The van der Waals surface area contributed by atoms with Crippen molar-refractivity contribution < 1.29 is 19.4 Å². The lowest BCUT2D eigenvalue weighted by Gasteiger charge is -2.10. The molecule has 88 valence electrons. The van der Waals surface area contributed by atoms with E-state index >= 15 is 0 Å². The Bertz CT molecular complexity index is 206. The summed E-state index contributed by atoms with van der Waals surface area (Å²) in [5.41, 5.74) is 0. The Labute approximate surface area is 89.8 Å². The first kappa shape index (κ1) is 13.9. The van der Waals surface area contributed by atoms with Gasteiger partial charge in [-0.2, -0.15) is 0 Å². The van der Waals surface area contributed by atoms with Gasteiger partial charge in [0, 0.05) is 6.42 Å². The van der Waals surface area contributed by atoms with E-state index in [-0.39, 0.29) is 18.8 Å². The van der Waals surface area contributed by atoms with E-state index in [2.05, 4.69) is 5.32 Å². The Morgan fingerprint density at radius 1 is 1.47 bits per heavy atom. The van der Waals surface area contributed by atoms with E-state index in [4.69, 9.17) is 9.84 Å². The van der Waals surface area contributed by atoms with Crippen molar-refractivity contribution in [1.29, 1.82) is 0 Å². The van der Waals surface area contributed by atoms with E-state index in [1.54, 1.807) is 7.05 Å². The lowest BCUT2D eigenvalue weighted by molar-refractivity contribution is -0.144. The molecule has 0 aromatic carbocycles. The average molecular weight is 217 g/mol. The molecule has 1 atom stereocenters. The van der Waals surface area contributed by atoms with Crippen LogP contribution in [0.5, 0.6) is 0 Å². The minimum absolute atomic E-state index is 0.140. The van der Waals surface area contributed by atoms with Crippen molar-refractivity contribution in [2.75, 3.05) is 13.7 Å². The van der Waals surface area contributed by atoms with Gasteiger partial charge in [-0.25, -0.2) is 0 Å². The maximum Gasteiger partial charge on any atom is 0.320 e. The molecule has 0 rings (SSSR count). The van der Waals surface area contributed by atoms with Crippen LogP contribution in [0.1, 0.15) is 32.6 Å². The summed E-state index contributed by atoms with van der Waals surface area (Å²) >= 11 is 0. The molecule has 0 spiro atoms. The monoisotopic (exact) mass is 217 g/mol. The third-order valence-electron chi connectivity index (χ3n) is 2.04. The summed E-state index contributed by atoms with van der Waals surface area (Å²) in [5, 5.41) is 11.3. The second-order valence-corrected chi connectivity index (χ2v) is 3.29. The minimum Gasteiger partial charge on any atom is -0.480 e. The van der Waals surface area contributed by atoms with E-state index in [0.29, 0.717) is 6.61 Å². The molecule has 0 bridgehead atoms. The molecule has 0 radical (unpaired) electrons. The average Bonchev–Trinajstić information content (AvgIpc) is 2.18. The number of carbonyl (C=O) groups is 2. The van der Waals surface area contributed by atoms with Crippen LogP contribution < -0.4 is 5.32 Å². The van der Waals surface area contributed by atoms with Crippen molar-refractivity contribution in [2.24, 2.45) is 0 Å². The van der Waals surface area contributed by atoms with Gasteiger partial charge < -0.3 is 15.2 Å². The van der Waals surface area contributed by atoms with E-state index in [1.807, 2.05) is 6.92 Å². The Kier molecular flexibility index (Phi) is 7.62. The molecule has 5 heteroatoms. The van der Waals surface area contributed by atoms with Gasteiger partial charge in [-0.15, -0.1) is 0 Å². The van der Waals surface area contributed by atoms with Crippen molar-refractivity contribution in [2.45, 2.75) is 38.6 Å². The van der Waals surface area contributed by atoms with Gasteiger partial charge in [-0.3, -0.25) is 9.59 Å². The smallest absolute Gasteiger partial charge is 0.320 e. The number of carboxylic acid groups (broad SMARTS) is 1. The predicted molar refractivity (Wildman–Crippen MR) is 55.6 cm³/mol. The maximum absolute atomic E-state index is 11.1. The third kappa shape index (κ3) is 6.90. The molecular weight excluding hydrogens is 198 g/mol. The number of carbonyl (C=O) groups excluding carboxylic acids is 1. The molecule has 0 aliphatic carbocycles. The lowest BCUT2D eigenvalue weighted by atomic mass is 10.1. The van der Waals surface area contributed by atoms with Crippen LogP contribution in [0.25, 0.3) is 0 Å². The Morgan fingerprint density at radius 3 is 2.60 bits per heavy atom. The van der Waals surface area contributed by atoms with Gasteiger partial charge in [-0.05, 0) is 19.9 Å². The summed E-state index contributed by atoms with van der Waals surface area (Å²) in [5.74, 6) is -1.27. The molecule has 0 saturated heterocycles. The fraction of sp³-hybridized carbons (Fsp3) is 0.800. The van der Waals surface area contributed by atoms with Crippen LogP contribution in [0.2, 0.25) is 0 Å². The van der Waals surface area contributed by atoms with Gasteiger partial charge in [0.05, 0.1) is 6.61 Å². The van der Waals surface area contributed by atoms with Crippen molar-refractivity contribution in [3.63, 3.8) is 0 Å². The number of aliphatic carboxylic acids is 1. The lowest BCUT2D eigenvalue weighted by Crippen LogP contribution is -2.34. The molecule has 2 N–H and O–H groups in total. The van der Waals surface area contributed by atoms with Crippen LogP contribution in [-0.4, -0.2) is 36.7 Å². The molecular formula is C10H19NO4. The van der Waals surface area contributed by atoms with Crippen molar-refractivity contribution in [3.05, 3.63) is 0 Å². The fourth-order valence-corrected chi connectivity index (χ4v) is 1.06. The van der Waals surface area contributed by atoms with Crippen LogP contribution in [-0.2, 0) is 14.3 Å². The van der Waals surface area contributed by atoms with Crippen molar-refractivity contribution in [1.82, 2.24) is 5.32 Å². The quantitative estimate of drug-likeness (QED) is 0.464. The zero-order chi connectivity index (χ0) is 11.7. The maximum atomic E-state index is 11.1. The molecule has 5 nitrogen and oxygen atoms in total.